The van der Waals surface area contributed by atoms with Crippen molar-refractivity contribution in [1.82, 2.24) is 5.16 Å². The van der Waals surface area contributed by atoms with E-state index in [-0.39, 0.29) is 12.4 Å². The van der Waals surface area contributed by atoms with Crippen molar-refractivity contribution in [3.05, 3.63) is 48.2 Å². The number of fused-ring (bicyclic) bond motifs is 1. The summed E-state index contributed by atoms with van der Waals surface area (Å²) in [6, 6.07) is 13.9. The van der Waals surface area contributed by atoms with Gasteiger partial charge in [-0.1, -0.05) is 35.5 Å². The lowest BCUT2D eigenvalue weighted by molar-refractivity contribution is 0.385. The number of rotatable bonds is 3. The van der Waals surface area contributed by atoms with E-state index in [1.165, 1.54) is 0 Å². The van der Waals surface area contributed by atoms with Crippen LogP contribution in [0, 0.1) is 0 Å². The Morgan fingerprint density at radius 1 is 1.20 bits per heavy atom. The summed E-state index contributed by atoms with van der Waals surface area (Å²) in [5, 5.41) is 6.30. The number of halogens is 1. The quantitative estimate of drug-likeness (QED) is 0.803. The normalized spacial score (nSPS) is 10.3. The minimum Gasteiger partial charge on any atom is -0.496 e. The standard InChI is InChI=1S/C15H14N2O2.ClH/c1-18-14-7-6-10-4-2-3-5-12(10)15(14)13-8-11(9-16)19-17-13;/h2-8H,9,16H2,1H3;1H. The van der Waals surface area contributed by atoms with Crippen molar-refractivity contribution < 1.29 is 9.26 Å². The molecule has 0 spiro atoms. The number of ether oxygens (including phenoxy) is 1. The molecular weight excluding hydrogens is 276 g/mol. The largest absolute Gasteiger partial charge is 0.496 e. The number of methoxy groups -OCH3 is 1. The maximum atomic E-state index is 5.56. The molecule has 2 N–H and O–H groups in total. The van der Waals surface area contributed by atoms with Gasteiger partial charge in [-0.15, -0.1) is 12.4 Å². The van der Waals surface area contributed by atoms with Crippen molar-refractivity contribution in [2.45, 2.75) is 6.54 Å². The highest BCUT2D eigenvalue weighted by atomic mass is 35.5. The first kappa shape index (κ1) is 14.4. The number of benzene rings is 2. The predicted molar refractivity (Wildman–Crippen MR) is 81.1 cm³/mol. The first-order chi connectivity index (χ1) is 9.33. The lowest BCUT2D eigenvalue weighted by atomic mass is 10.0. The summed E-state index contributed by atoms with van der Waals surface area (Å²) < 4.78 is 10.6. The Morgan fingerprint density at radius 3 is 2.70 bits per heavy atom. The van der Waals surface area contributed by atoms with Crippen molar-refractivity contribution in [1.29, 1.82) is 0 Å². The van der Waals surface area contributed by atoms with Crippen molar-refractivity contribution in [2.24, 2.45) is 5.73 Å². The molecule has 0 aliphatic carbocycles. The molecule has 3 aromatic rings. The average molecular weight is 291 g/mol. The van der Waals surface area contributed by atoms with E-state index in [0.717, 1.165) is 27.8 Å². The first-order valence-corrected chi connectivity index (χ1v) is 6.05. The molecule has 1 aromatic heterocycles. The molecule has 0 amide bonds. The van der Waals surface area contributed by atoms with Crippen molar-refractivity contribution in [3.63, 3.8) is 0 Å². The fraction of sp³-hybridized carbons (Fsp3) is 0.133. The van der Waals surface area contributed by atoms with Crippen LogP contribution in [0.1, 0.15) is 5.76 Å². The van der Waals surface area contributed by atoms with Crippen LogP contribution in [0.4, 0.5) is 0 Å². The smallest absolute Gasteiger partial charge is 0.150 e. The van der Waals surface area contributed by atoms with E-state index in [1.807, 2.05) is 36.4 Å². The summed E-state index contributed by atoms with van der Waals surface area (Å²) in [5.41, 5.74) is 7.24. The van der Waals surface area contributed by atoms with Gasteiger partial charge in [0.05, 0.1) is 19.2 Å². The van der Waals surface area contributed by atoms with Crippen molar-refractivity contribution in [3.8, 4) is 17.0 Å². The Kier molecular flexibility index (Phi) is 4.27. The van der Waals surface area contributed by atoms with Crippen molar-refractivity contribution >= 4 is 23.2 Å². The van der Waals surface area contributed by atoms with Gasteiger partial charge in [0.1, 0.15) is 11.4 Å². The topological polar surface area (TPSA) is 61.3 Å². The molecule has 4 nitrogen and oxygen atoms in total. The van der Waals surface area contributed by atoms with Crippen LogP contribution in [0.3, 0.4) is 0 Å². The molecule has 0 aliphatic rings. The monoisotopic (exact) mass is 290 g/mol. The number of hydrogen-bond acceptors (Lipinski definition) is 4. The molecule has 5 heteroatoms. The Labute approximate surface area is 122 Å². The highest BCUT2D eigenvalue weighted by Gasteiger charge is 2.14. The van der Waals surface area contributed by atoms with Crippen LogP contribution < -0.4 is 10.5 Å². The first-order valence-electron chi connectivity index (χ1n) is 6.05. The van der Waals surface area contributed by atoms with Gasteiger partial charge in [0.2, 0.25) is 0 Å². The Morgan fingerprint density at radius 2 is 2.00 bits per heavy atom. The molecule has 0 radical (unpaired) electrons. The SMILES string of the molecule is COc1ccc2ccccc2c1-c1cc(CN)on1.Cl. The van der Waals surface area contributed by atoms with Crippen LogP contribution in [0.2, 0.25) is 0 Å². The van der Waals surface area contributed by atoms with Gasteiger partial charge in [-0.05, 0) is 16.8 Å². The number of aromatic nitrogens is 1. The number of nitrogens with two attached hydrogens (primary N) is 1. The van der Waals surface area contributed by atoms with E-state index >= 15 is 0 Å². The molecule has 0 saturated heterocycles. The molecule has 104 valence electrons. The lowest BCUT2D eigenvalue weighted by Crippen LogP contribution is -1.93. The third-order valence-electron chi connectivity index (χ3n) is 3.13. The van der Waals surface area contributed by atoms with Gasteiger partial charge in [0, 0.05) is 6.07 Å². The maximum absolute atomic E-state index is 5.56. The minimum absolute atomic E-state index is 0. The molecule has 1 heterocycles. The van der Waals surface area contributed by atoms with Crippen molar-refractivity contribution in [2.75, 3.05) is 7.11 Å². The van der Waals surface area contributed by atoms with Crippen LogP contribution in [0.25, 0.3) is 22.0 Å². The third-order valence-corrected chi connectivity index (χ3v) is 3.13. The Bertz CT molecular complexity index is 725. The number of nitrogens with zero attached hydrogens (tertiary/aromatic N) is 1. The molecule has 0 aliphatic heterocycles. The van der Waals surface area contributed by atoms with Crippen LogP contribution in [-0.2, 0) is 6.54 Å². The van der Waals surface area contributed by atoms with E-state index in [2.05, 4.69) is 11.2 Å². The molecule has 20 heavy (non-hydrogen) atoms. The third kappa shape index (κ3) is 2.35. The fourth-order valence-corrected chi connectivity index (χ4v) is 2.21. The highest BCUT2D eigenvalue weighted by molar-refractivity contribution is 5.98. The van der Waals surface area contributed by atoms with Crippen LogP contribution in [0.5, 0.6) is 5.75 Å². The molecule has 0 bridgehead atoms. The molecule has 0 saturated carbocycles. The molecule has 0 unspecified atom stereocenters. The van der Waals surface area contributed by atoms with Gasteiger partial charge in [-0.2, -0.15) is 0 Å². The molecule has 0 fully saturated rings. The second-order valence-corrected chi connectivity index (χ2v) is 4.25. The lowest BCUT2D eigenvalue weighted by Gasteiger charge is -2.09. The second kappa shape index (κ2) is 5.94. The van der Waals surface area contributed by atoms with E-state index in [0.29, 0.717) is 12.3 Å². The summed E-state index contributed by atoms with van der Waals surface area (Å²) in [7, 11) is 1.65. The zero-order valence-corrected chi connectivity index (χ0v) is 11.8. The van der Waals surface area contributed by atoms with Gasteiger partial charge < -0.3 is 15.0 Å². The van der Waals surface area contributed by atoms with Gasteiger partial charge in [-0.3, -0.25) is 0 Å². The maximum Gasteiger partial charge on any atom is 0.150 e. The number of hydrogen-bond donors (Lipinski definition) is 1. The minimum atomic E-state index is 0. The average Bonchev–Trinajstić information content (AvgIpc) is 2.94. The summed E-state index contributed by atoms with van der Waals surface area (Å²) in [4.78, 5) is 0. The summed E-state index contributed by atoms with van der Waals surface area (Å²) in [5.74, 6) is 1.43. The van der Waals surface area contributed by atoms with Crippen LogP contribution in [0.15, 0.2) is 47.0 Å². The van der Waals surface area contributed by atoms with Crippen LogP contribution in [-0.4, -0.2) is 12.3 Å². The van der Waals surface area contributed by atoms with E-state index < -0.39 is 0 Å². The van der Waals surface area contributed by atoms with E-state index in [1.54, 1.807) is 7.11 Å². The van der Waals surface area contributed by atoms with Gasteiger partial charge in [0.25, 0.3) is 0 Å². The van der Waals surface area contributed by atoms with Gasteiger partial charge in [0.15, 0.2) is 5.76 Å². The summed E-state index contributed by atoms with van der Waals surface area (Å²) in [6.45, 7) is 0.333. The van der Waals surface area contributed by atoms with Gasteiger partial charge in [-0.25, -0.2) is 0 Å². The summed E-state index contributed by atoms with van der Waals surface area (Å²) >= 11 is 0. The predicted octanol–water partition coefficient (Wildman–Crippen LogP) is 3.38. The Hall–Kier alpha value is -2.04. The molecular formula is C15H15ClN2O2. The zero-order valence-electron chi connectivity index (χ0n) is 11.0. The zero-order chi connectivity index (χ0) is 13.2. The molecule has 0 atom stereocenters. The highest BCUT2D eigenvalue weighted by Crippen LogP contribution is 2.36. The molecule has 2 aromatic carbocycles. The van der Waals surface area contributed by atoms with E-state index in [4.69, 9.17) is 15.0 Å². The van der Waals surface area contributed by atoms with Gasteiger partial charge >= 0.3 is 0 Å². The van der Waals surface area contributed by atoms with Crippen LogP contribution >= 0.6 is 12.4 Å². The van der Waals surface area contributed by atoms with E-state index in [9.17, 15) is 0 Å². The second-order valence-electron chi connectivity index (χ2n) is 4.25. The molecule has 3 rings (SSSR count). The summed E-state index contributed by atoms with van der Waals surface area (Å²) in [6.07, 6.45) is 0. The fourth-order valence-electron chi connectivity index (χ4n) is 2.21. The Balaban J connectivity index is 0.00000147.